The van der Waals surface area contributed by atoms with Crippen LogP contribution in [0.2, 0.25) is 0 Å². The lowest BCUT2D eigenvalue weighted by Gasteiger charge is -2.39. The van der Waals surface area contributed by atoms with E-state index in [9.17, 15) is 9.59 Å². The zero-order valence-electron chi connectivity index (χ0n) is 9.29. The number of nitrogens with one attached hydrogen (secondary N) is 2. The molecule has 0 bridgehead atoms. The van der Waals surface area contributed by atoms with E-state index in [1.54, 1.807) is 0 Å². The second-order valence-corrected chi connectivity index (χ2v) is 4.77. The number of carboxylic acid groups (broad SMARTS) is 1. The number of rotatable bonds is 3. The fraction of sp³-hybridized carbons (Fsp3) is 0.818. The van der Waals surface area contributed by atoms with Crippen molar-refractivity contribution in [2.75, 3.05) is 13.1 Å². The van der Waals surface area contributed by atoms with Crippen molar-refractivity contribution < 1.29 is 14.7 Å². The second-order valence-electron chi connectivity index (χ2n) is 4.77. The third kappa shape index (κ3) is 2.04. The van der Waals surface area contributed by atoms with Gasteiger partial charge in [0.15, 0.2) is 0 Å². The smallest absolute Gasteiger partial charge is 0.329 e. The van der Waals surface area contributed by atoms with E-state index in [4.69, 9.17) is 5.11 Å². The fourth-order valence-corrected chi connectivity index (χ4v) is 2.34. The molecule has 1 saturated heterocycles. The summed E-state index contributed by atoms with van der Waals surface area (Å²) >= 11 is 0. The average Bonchev–Trinajstić information content (AvgIpc) is 2.24. The van der Waals surface area contributed by atoms with E-state index in [-0.39, 0.29) is 11.8 Å². The Morgan fingerprint density at radius 3 is 2.50 bits per heavy atom. The number of aliphatic carboxylic acids is 1. The molecule has 1 aliphatic carbocycles. The van der Waals surface area contributed by atoms with E-state index < -0.39 is 11.5 Å². The third-order valence-corrected chi connectivity index (χ3v) is 3.65. The molecule has 16 heavy (non-hydrogen) atoms. The van der Waals surface area contributed by atoms with Gasteiger partial charge in [0.2, 0.25) is 5.91 Å². The van der Waals surface area contributed by atoms with Crippen LogP contribution in [-0.4, -0.2) is 35.6 Å². The van der Waals surface area contributed by atoms with Gasteiger partial charge in [0, 0.05) is 6.54 Å². The van der Waals surface area contributed by atoms with Crippen LogP contribution >= 0.6 is 0 Å². The number of carbonyl (C=O) groups excluding carboxylic acids is 1. The van der Waals surface area contributed by atoms with Gasteiger partial charge in [-0.2, -0.15) is 0 Å². The van der Waals surface area contributed by atoms with Crippen molar-refractivity contribution in [3.63, 3.8) is 0 Å². The maximum atomic E-state index is 11.9. The molecule has 0 spiro atoms. The van der Waals surface area contributed by atoms with Gasteiger partial charge in [-0.3, -0.25) is 4.79 Å². The van der Waals surface area contributed by atoms with Crippen LogP contribution in [0, 0.1) is 5.92 Å². The molecule has 2 fully saturated rings. The van der Waals surface area contributed by atoms with E-state index in [0.717, 1.165) is 25.8 Å². The molecule has 0 radical (unpaired) electrons. The second kappa shape index (κ2) is 4.41. The molecule has 2 rings (SSSR count). The Bertz CT molecular complexity index is 294. The van der Waals surface area contributed by atoms with E-state index >= 15 is 0 Å². The highest BCUT2D eigenvalue weighted by molar-refractivity contribution is 5.89. The van der Waals surface area contributed by atoms with Crippen molar-refractivity contribution >= 4 is 11.9 Å². The largest absolute Gasteiger partial charge is 0.480 e. The monoisotopic (exact) mass is 226 g/mol. The van der Waals surface area contributed by atoms with Crippen LogP contribution in [0.5, 0.6) is 0 Å². The van der Waals surface area contributed by atoms with Gasteiger partial charge >= 0.3 is 5.97 Å². The summed E-state index contributed by atoms with van der Waals surface area (Å²) in [6, 6.07) is 0. The lowest BCUT2D eigenvalue weighted by atomic mass is 9.76. The number of hydrogen-bond acceptors (Lipinski definition) is 3. The van der Waals surface area contributed by atoms with E-state index in [0.29, 0.717) is 19.4 Å². The Labute approximate surface area is 94.6 Å². The molecular formula is C11H18N2O3. The molecule has 1 unspecified atom stereocenters. The lowest BCUT2D eigenvalue weighted by Crippen LogP contribution is -2.61. The van der Waals surface area contributed by atoms with Crippen LogP contribution in [0.15, 0.2) is 0 Å². The Morgan fingerprint density at radius 1 is 1.31 bits per heavy atom. The minimum absolute atomic E-state index is 0.0643. The molecule has 0 aromatic rings. The van der Waals surface area contributed by atoms with Crippen LogP contribution in [0.3, 0.4) is 0 Å². The first kappa shape index (κ1) is 11.4. The minimum atomic E-state index is -0.964. The summed E-state index contributed by atoms with van der Waals surface area (Å²) in [6.45, 7) is 1.62. The Kier molecular flexibility index (Phi) is 3.14. The maximum absolute atomic E-state index is 11.9. The molecule has 1 amide bonds. The highest BCUT2D eigenvalue weighted by Crippen LogP contribution is 2.32. The first-order chi connectivity index (χ1) is 7.64. The molecule has 1 heterocycles. The van der Waals surface area contributed by atoms with Gasteiger partial charge in [-0.05, 0) is 38.6 Å². The van der Waals surface area contributed by atoms with Crippen molar-refractivity contribution in [1.82, 2.24) is 10.6 Å². The third-order valence-electron chi connectivity index (χ3n) is 3.65. The molecule has 0 aromatic carbocycles. The van der Waals surface area contributed by atoms with Crippen molar-refractivity contribution in [1.29, 1.82) is 0 Å². The number of hydrogen-bond donors (Lipinski definition) is 3. The topological polar surface area (TPSA) is 78.4 Å². The van der Waals surface area contributed by atoms with Crippen LogP contribution in [0.4, 0.5) is 0 Å². The van der Waals surface area contributed by atoms with Crippen molar-refractivity contribution in [3.05, 3.63) is 0 Å². The minimum Gasteiger partial charge on any atom is -0.480 e. The molecule has 3 N–H and O–H groups in total. The fourth-order valence-electron chi connectivity index (χ4n) is 2.34. The number of carboxylic acids is 1. The molecule has 1 atom stereocenters. The van der Waals surface area contributed by atoms with Crippen LogP contribution < -0.4 is 10.6 Å². The summed E-state index contributed by atoms with van der Waals surface area (Å²) < 4.78 is 0. The molecule has 2 aliphatic rings. The maximum Gasteiger partial charge on any atom is 0.329 e. The van der Waals surface area contributed by atoms with Crippen LogP contribution in [0.25, 0.3) is 0 Å². The van der Waals surface area contributed by atoms with Gasteiger partial charge in [0.05, 0.1) is 5.92 Å². The van der Waals surface area contributed by atoms with E-state index in [1.807, 2.05) is 0 Å². The van der Waals surface area contributed by atoms with Gasteiger partial charge < -0.3 is 15.7 Å². The zero-order valence-corrected chi connectivity index (χ0v) is 9.29. The molecule has 5 heteroatoms. The number of piperidine rings is 1. The van der Waals surface area contributed by atoms with Gasteiger partial charge in [0.1, 0.15) is 5.54 Å². The van der Waals surface area contributed by atoms with Gasteiger partial charge in [-0.15, -0.1) is 0 Å². The summed E-state index contributed by atoms with van der Waals surface area (Å²) in [7, 11) is 0. The summed E-state index contributed by atoms with van der Waals surface area (Å²) in [5.41, 5.74) is -0.964. The van der Waals surface area contributed by atoms with Crippen molar-refractivity contribution in [2.45, 2.75) is 37.6 Å². The molecular weight excluding hydrogens is 208 g/mol. The standard InChI is InChI=1S/C11H18N2O3/c14-9(8-3-1-6-12-7-8)13-11(10(15)16)4-2-5-11/h8,12H,1-7H2,(H,13,14)(H,15,16). The average molecular weight is 226 g/mol. The first-order valence-electron chi connectivity index (χ1n) is 5.90. The van der Waals surface area contributed by atoms with Gasteiger partial charge in [0.25, 0.3) is 0 Å². The molecule has 1 aliphatic heterocycles. The van der Waals surface area contributed by atoms with Crippen LogP contribution in [-0.2, 0) is 9.59 Å². The van der Waals surface area contributed by atoms with E-state index in [2.05, 4.69) is 10.6 Å². The van der Waals surface area contributed by atoms with E-state index in [1.165, 1.54) is 0 Å². The quantitative estimate of drug-likeness (QED) is 0.638. The Hall–Kier alpha value is -1.10. The number of carbonyl (C=O) groups is 2. The summed E-state index contributed by atoms with van der Waals surface area (Å²) in [5, 5.41) is 15.0. The highest BCUT2D eigenvalue weighted by Gasteiger charge is 2.46. The Balaban J connectivity index is 1.92. The van der Waals surface area contributed by atoms with Crippen LogP contribution in [0.1, 0.15) is 32.1 Å². The summed E-state index contributed by atoms with van der Waals surface area (Å²) in [4.78, 5) is 23.0. The Morgan fingerprint density at radius 2 is 2.06 bits per heavy atom. The highest BCUT2D eigenvalue weighted by atomic mass is 16.4. The molecule has 0 aromatic heterocycles. The molecule has 5 nitrogen and oxygen atoms in total. The predicted molar refractivity (Wildman–Crippen MR) is 58.0 cm³/mol. The number of amides is 1. The lowest BCUT2D eigenvalue weighted by molar-refractivity contribution is -0.152. The van der Waals surface area contributed by atoms with Crippen molar-refractivity contribution in [3.8, 4) is 0 Å². The van der Waals surface area contributed by atoms with Crippen molar-refractivity contribution in [2.24, 2.45) is 5.92 Å². The SMILES string of the molecule is O=C(NC1(C(=O)O)CCC1)C1CCCNC1. The summed E-state index contributed by atoms with van der Waals surface area (Å²) in [5.74, 6) is -1.06. The van der Waals surface area contributed by atoms with Gasteiger partial charge in [-0.25, -0.2) is 4.79 Å². The predicted octanol–water partition coefficient (Wildman–Crippen LogP) is 0.109. The first-order valence-corrected chi connectivity index (χ1v) is 5.90. The zero-order chi connectivity index (χ0) is 11.6. The van der Waals surface area contributed by atoms with Gasteiger partial charge in [-0.1, -0.05) is 0 Å². The summed E-state index contributed by atoms with van der Waals surface area (Å²) in [6.07, 6.45) is 3.85. The molecule has 1 saturated carbocycles. The normalized spacial score (nSPS) is 27.9. The molecule has 90 valence electrons.